The summed E-state index contributed by atoms with van der Waals surface area (Å²) in [7, 11) is 1.28. The maximum absolute atomic E-state index is 14.0. The lowest BCUT2D eigenvalue weighted by Gasteiger charge is -2.23. The number of nitro benzene ring substituents is 1. The van der Waals surface area contributed by atoms with E-state index >= 15 is 0 Å². The van der Waals surface area contributed by atoms with Crippen LogP contribution < -0.4 is 29.1 Å². The Hall–Kier alpha value is -4.27. The van der Waals surface area contributed by atoms with Gasteiger partial charge in [0.25, 0.3) is 11.2 Å². The molecule has 3 aromatic carbocycles. The van der Waals surface area contributed by atoms with Gasteiger partial charge in [0.2, 0.25) is 0 Å². The van der Waals surface area contributed by atoms with Crippen LogP contribution in [-0.4, -0.2) is 35.8 Å². The zero-order chi connectivity index (χ0) is 33.0. The summed E-state index contributed by atoms with van der Waals surface area (Å²) in [5.74, 6) is 0.976. The normalized spacial score (nSPS) is 14.2. The second-order valence-corrected chi connectivity index (χ2v) is 12.5. The van der Waals surface area contributed by atoms with Crippen molar-refractivity contribution in [2.75, 3.05) is 20.3 Å². The van der Waals surface area contributed by atoms with Crippen LogP contribution >= 0.6 is 43.2 Å². The molecule has 1 aromatic heterocycles. The fraction of sp³-hybridized carbons (Fsp3) is 0.219. The zero-order valence-electron chi connectivity index (χ0n) is 24.8. The van der Waals surface area contributed by atoms with Gasteiger partial charge in [-0.25, -0.2) is 9.79 Å². The molecule has 1 atom stereocenters. The fourth-order valence-corrected chi connectivity index (χ4v) is 7.23. The first-order chi connectivity index (χ1) is 22.1. The quantitative estimate of drug-likeness (QED) is 0.106. The Morgan fingerprint density at radius 1 is 1.02 bits per heavy atom. The SMILES string of the molecule is CCOc1ccc([C@H]2C(C(=O)OC)=CN=c3s/c(=C\c4cc(Br)c(OCc5ccc([N+](=O)[O-])cc5)c(Br)c4)c(=O)n32)cc1OCC. The van der Waals surface area contributed by atoms with Gasteiger partial charge in [0.05, 0.1) is 50.3 Å². The number of hydrogen-bond acceptors (Lipinski definition) is 10. The Labute approximate surface area is 283 Å². The van der Waals surface area contributed by atoms with Gasteiger partial charge in [-0.2, -0.15) is 0 Å². The van der Waals surface area contributed by atoms with Crippen LogP contribution in [0, 0.1) is 10.1 Å². The first kappa shape index (κ1) is 33.1. The average molecular weight is 773 g/mol. The van der Waals surface area contributed by atoms with Gasteiger partial charge in [-0.15, -0.1) is 0 Å². The Balaban J connectivity index is 1.51. The number of fused-ring (bicyclic) bond motifs is 1. The third kappa shape index (κ3) is 6.93. The lowest BCUT2D eigenvalue weighted by atomic mass is 9.97. The highest BCUT2D eigenvalue weighted by Crippen LogP contribution is 2.37. The monoisotopic (exact) mass is 771 g/mol. The third-order valence-corrected chi connectivity index (χ3v) is 9.03. The summed E-state index contributed by atoms with van der Waals surface area (Å²) >= 11 is 8.30. The van der Waals surface area contributed by atoms with Crippen LogP contribution in [0.3, 0.4) is 0 Å². The smallest absolute Gasteiger partial charge is 0.337 e. The second kappa shape index (κ2) is 14.4. The number of carbonyl (C=O) groups excluding carboxylic acids is 1. The van der Waals surface area contributed by atoms with Crippen molar-refractivity contribution in [2.24, 2.45) is 4.99 Å². The van der Waals surface area contributed by atoms with Crippen molar-refractivity contribution >= 4 is 60.9 Å². The largest absolute Gasteiger partial charge is 0.490 e. The second-order valence-electron chi connectivity index (χ2n) is 9.77. The van der Waals surface area contributed by atoms with E-state index in [1.54, 1.807) is 36.4 Å². The van der Waals surface area contributed by atoms with Crippen LogP contribution in [0.25, 0.3) is 6.08 Å². The third-order valence-electron chi connectivity index (χ3n) is 6.86. The molecule has 0 amide bonds. The molecule has 1 aliphatic heterocycles. The molecule has 238 valence electrons. The summed E-state index contributed by atoms with van der Waals surface area (Å²) in [5.41, 5.74) is 1.97. The number of aromatic nitrogens is 1. The molecule has 14 heteroatoms. The van der Waals surface area contributed by atoms with Crippen molar-refractivity contribution < 1.29 is 28.7 Å². The minimum atomic E-state index is -0.811. The molecule has 11 nitrogen and oxygen atoms in total. The topological polar surface area (TPSA) is 131 Å². The summed E-state index contributed by atoms with van der Waals surface area (Å²) in [5, 5.41) is 10.9. The highest BCUT2D eigenvalue weighted by molar-refractivity contribution is 9.11. The van der Waals surface area contributed by atoms with E-state index in [0.29, 0.717) is 59.9 Å². The predicted octanol–water partition coefficient (Wildman–Crippen LogP) is 5.83. The molecular weight excluding hydrogens is 746 g/mol. The first-order valence-electron chi connectivity index (χ1n) is 14.0. The molecule has 5 rings (SSSR count). The van der Waals surface area contributed by atoms with Gasteiger partial charge in [0.1, 0.15) is 12.4 Å². The highest BCUT2D eigenvalue weighted by atomic mass is 79.9. The Kier molecular flexibility index (Phi) is 10.4. The van der Waals surface area contributed by atoms with Crippen molar-refractivity contribution in [3.8, 4) is 17.2 Å². The minimum Gasteiger partial charge on any atom is -0.490 e. The minimum absolute atomic E-state index is 0.00308. The van der Waals surface area contributed by atoms with E-state index in [9.17, 15) is 19.7 Å². The molecule has 0 N–H and O–H groups in total. The molecule has 1 aliphatic rings. The van der Waals surface area contributed by atoms with Gasteiger partial charge in [0.15, 0.2) is 16.3 Å². The molecule has 0 saturated heterocycles. The van der Waals surface area contributed by atoms with Crippen LogP contribution in [0.1, 0.15) is 36.6 Å². The number of methoxy groups -OCH3 is 1. The maximum Gasteiger partial charge on any atom is 0.337 e. The lowest BCUT2D eigenvalue weighted by Crippen LogP contribution is -2.39. The number of nitrogens with zero attached hydrogens (tertiary/aromatic N) is 3. The highest BCUT2D eigenvalue weighted by Gasteiger charge is 2.31. The molecule has 4 aromatic rings. The number of esters is 1. The van der Waals surface area contributed by atoms with E-state index < -0.39 is 16.9 Å². The maximum atomic E-state index is 14.0. The number of thiazole rings is 1. The van der Waals surface area contributed by atoms with E-state index in [-0.39, 0.29) is 23.4 Å². The molecule has 0 aliphatic carbocycles. The number of hydrogen-bond donors (Lipinski definition) is 0. The van der Waals surface area contributed by atoms with Crippen molar-refractivity contribution in [2.45, 2.75) is 26.5 Å². The summed E-state index contributed by atoms with van der Waals surface area (Å²) < 4.78 is 25.7. The molecule has 0 saturated carbocycles. The molecule has 46 heavy (non-hydrogen) atoms. The standard InChI is InChI=1S/C32H27Br2N3O8S/c1-4-43-25-11-8-20(15-26(25)44-5-2)28-22(31(39)42-3)16-35-32-36(28)30(38)27(46-32)14-19-12-23(33)29(24(34)13-19)45-17-18-6-9-21(10-7-18)37(40)41/h6-16,28H,4-5,17H2,1-3H3/b27-14-/t28-/m0/s1. The van der Waals surface area contributed by atoms with Gasteiger partial charge in [-0.3, -0.25) is 19.5 Å². The van der Waals surface area contributed by atoms with E-state index in [2.05, 4.69) is 36.9 Å². The summed E-state index contributed by atoms with van der Waals surface area (Å²) in [6, 6.07) is 14.3. The number of ether oxygens (including phenoxy) is 4. The summed E-state index contributed by atoms with van der Waals surface area (Å²) in [6.07, 6.45) is 3.18. The lowest BCUT2D eigenvalue weighted by molar-refractivity contribution is -0.384. The molecular formula is C32H27Br2N3O8S. The van der Waals surface area contributed by atoms with Gasteiger partial charge >= 0.3 is 5.97 Å². The van der Waals surface area contributed by atoms with Crippen LogP contribution in [0.2, 0.25) is 0 Å². The summed E-state index contributed by atoms with van der Waals surface area (Å²) in [4.78, 5) is 42.1. The van der Waals surface area contributed by atoms with Gasteiger partial charge < -0.3 is 18.9 Å². The molecule has 0 radical (unpaired) electrons. The Morgan fingerprint density at radius 2 is 1.70 bits per heavy atom. The van der Waals surface area contributed by atoms with Crippen LogP contribution in [-0.2, 0) is 16.1 Å². The van der Waals surface area contributed by atoms with Crippen molar-refractivity contribution in [1.29, 1.82) is 0 Å². The molecule has 2 heterocycles. The molecule has 0 spiro atoms. The van der Waals surface area contributed by atoms with Crippen molar-refractivity contribution in [1.82, 2.24) is 4.57 Å². The van der Waals surface area contributed by atoms with Crippen molar-refractivity contribution in [3.63, 3.8) is 0 Å². The predicted molar refractivity (Wildman–Crippen MR) is 179 cm³/mol. The van der Waals surface area contributed by atoms with Gasteiger partial charge in [-0.1, -0.05) is 17.4 Å². The van der Waals surface area contributed by atoms with Crippen LogP contribution in [0.5, 0.6) is 17.2 Å². The first-order valence-corrected chi connectivity index (χ1v) is 16.4. The molecule has 0 fully saturated rings. The van der Waals surface area contributed by atoms with E-state index in [0.717, 1.165) is 5.56 Å². The molecule has 0 unspecified atom stereocenters. The van der Waals surface area contributed by atoms with E-state index in [1.807, 2.05) is 26.0 Å². The number of halogens is 2. The van der Waals surface area contributed by atoms with Gasteiger partial charge in [0, 0.05) is 18.3 Å². The average Bonchev–Trinajstić information content (AvgIpc) is 3.35. The Bertz CT molecular complexity index is 2000. The number of rotatable bonds is 11. The zero-order valence-corrected chi connectivity index (χ0v) is 28.8. The van der Waals surface area contributed by atoms with Crippen LogP contribution in [0.15, 0.2) is 85.1 Å². The number of non-ortho nitro benzene ring substituents is 1. The van der Waals surface area contributed by atoms with E-state index in [1.165, 1.54) is 41.3 Å². The number of nitro groups is 1. The Morgan fingerprint density at radius 3 is 2.33 bits per heavy atom. The number of carbonyl (C=O) groups is 1. The molecule has 0 bridgehead atoms. The fourth-order valence-electron chi connectivity index (χ4n) is 4.81. The van der Waals surface area contributed by atoms with Crippen molar-refractivity contribution in [3.05, 3.63) is 122 Å². The summed E-state index contributed by atoms with van der Waals surface area (Å²) in [6.45, 7) is 4.77. The van der Waals surface area contributed by atoms with Crippen LogP contribution in [0.4, 0.5) is 5.69 Å². The van der Waals surface area contributed by atoms with E-state index in [4.69, 9.17) is 18.9 Å². The number of benzene rings is 3. The van der Waals surface area contributed by atoms with Gasteiger partial charge in [-0.05, 0) is 105 Å².